The predicted octanol–water partition coefficient (Wildman–Crippen LogP) is 1.89. The molecule has 0 spiro atoms. The molecule has 0 aliphatic carbocycles. The Labute approximate surface area is 119 Å². The Bertz CT molecular complexity index is 740. The van der Waals surface area contributed by atoms with E-state index < -0.39 is 11.5 Å². The summed E-state index contributed by atoms with van der Waals surface area (Å²) in [5.74, 6) is -0.553. The number of pyridine rings is 1. The van der Waals surface area contributed by atoms with Crippen LogP contribution in [-0.2, 0) is 4.74 Å². The van der Waals surface area contributed by atoms with Crippen molar-refractivity contribution in [3.05, 3.63) is 44.6 Å². The van der Waals surface area contributed by atoms with Gasteiger partial charge < -0.3 is 4.74 Å². The third-order valence-corrected chi connectivity index (χ3v) is 3.37. The zero-order valence-corrected chi connectivity index (χ0v) is 11.9. The van der Waals surface area contributed by atoms with Gasteiger partial charge in [0.25, 0.3) is 5.56 Å². The van der Waals surface area contributed by atoms with E-state index in [4.69, 9.17) is 11.6 Å². The third kappa shape index (κ3) is 2.42. The van der Waals surface area contributed by atoms with E-state index in [1.54, 1.807) is 6.92 Å². The highest BCUT2D eigenvalue weighted by Crippen LogP contribution is 2.29. The molecule has 0 saturated heterocycles. The minimum atomic E-state index is -0.553. The van der Waals surface area contributed by atoms with Gasteiger partial charge in [0.1, 0.15) is 10.7 Å². The van der Waals surface area contributed by atoms with Crippen molar-refractivity contribution < 1.29 is 9.53 Å². The smallest absolute Gasteiger partial charge is 0.356 e. The van der Waals surface area contributed by atoms with Crippen LogP contribution in [0.5, 0.6) is 0 Å². The first-order valence-corrected chi connectivity index (χ1v) is 6.13. The number of halogens is 1. The molecule has 2 heterocycles. The predicted molar refractivity (Wildman–Crippen MR) is 73.9 cm³/mol. The molecular weight excluding hydrogens is 282 g/mol. The molecule has 104 valence electrons. The van der Waals surface area contributed by atoms with Gasteiger partial charge in [0.15, 0.2) is 0 Å². The topological polar surface area (TPSA) is 84.9 Å². The second-order valence-corrected chi connectivity index (χ2v) is 4.56. The molecule has 0 amide bonds. The molecule has 2 aromatic rings. The van der Waals surface area contributed by atoms with E-state index >= 15 is 0 Å². The van der Waals surface area contributed by atoms with Crippen molar-refractivity contribution in [2.24, 2.45) is 0 Å². The second-order valence-electron chi connectivity index (χ2n) is 4.18. The lowest BCUT2D eigenvalue weighted by molar-refractivity contribution is 0.0594. The van der Waals surface area contributed by atoms with Crippen molar-refractivity contribution in [1.82, 2.24) is 15.2 Å². The van der Waals surface area contributed by atoms with Gasteiger partial charge >= 0.3 is 5.97 Å². The zero-order valence-electron chi connectivity index (χ0n) is 11.2. The molecule has 7 heteroatoms. The Balaban J connectivity index is 2.73. The molecule has 2 aromatic heterocycles. The Morgan fingerprint density at radius 3 is 2.70 bits per heavy atom. The molecule has 0 aliphatic rings. The zero-order chi connectivity index (χ0) is 14.9. The molecule has 20 heavy (non-hydrogen) atoms. The Morgan fingerprint density at radius 1 is 1.35 bits per heavy atom. The summed E-state index contributed by atoms with van der Waals surface area (Å²) < 4.78 is 4.66. The number of ether oxygens (including phenoxy) is 1. The Hall–Kier alpha value is -2.21. The number of aromatic nitrogens is 3. The average Bonchev–Trinajstić information content (AvgIpc) is 2.44. The first kappa shape index (κ1) is 14.2. The van der Waals surface area contributed by atoms with Crippen molar-refractivity contribution in [3.63, 3.8) is 0 Å². The average molecular weight is 294 g/mol. The first-order valence-electron chi connectivity index (χ1n) is 5.75. The minimum Gasteiger partial charge on any atom is -0.464 e. The summed E-state index contributed by atoms with van der Waals surface area (Å²) in [7, 11) is 1.28. The number of rotatable bonds is 2. The Morgan fingerprint density at radius 2 is 2.05 bits per heavy atom. The maximum absolute atomic E-state index is 11.6. The van der Waals surface area contributed by atoms with Crippen LogP contribution < -0.4 is 5.56 Å². The van der Waals surface area contributed by atoms with E-state index in [1.165, 1.54) is 19.4 Å². The Kier molecular flexibility index (Phi) is 3.85. The second kappa shape index (κ2) is 5.42. The summed E-state index contributed by atoms with van der Waals surface area (Å²) in [6.45, 7) is 3.59. The standard InChI is InChI=1S/C13H12ClN3O3/c1-6-7(2)16-10(13(19)20-3)4-8(6)9-5-15-17-12(18)11(9)14/h4-5H,1-3H3,(H,17,18). The van der Waals surface area contributed by atoms with Crippen molar-refractivity contribution in [1.29, 1.82) is 0 Å². The number of aryl methyl sites for hydroxylation is 1. The van der Waals surface area contributed by atoms with Crippen LogP contribution in [0.3, 0.4) is 0 Å². The van der Waals surface area contributed by atoms with Crippen LogP contribution in [0.2, 0.25) is 5.02 Å². The van der Waals surface area contributed by atoms with Gasteiger partial charge in [0.2, 0.25) is 0 Å². The highest BCUT2D eigenvalue weighted by atomic mass is 35.5. The van der Waals surface area contributed by atoms with E-state index in [0.29, 0.717) is 16.8 Å². The number of hydrogen-bond acceptors (Lipinski definition) is 5. The molecule has 0 bridgehead atoms. The number of carbonyl (C=O) groups is 1. The van der Waals surface area contributed by atoms with Crippen LogP contribution in [-0.4, -0.2) is 28.3 Å². The molecule has 0 fully saturated rings. The van der Waals surface area contributed by atoms with E-state index in [1.807, 2.05) is 6.92 Å². The lowest BCUT2D eigenvalue weighted by Gasteiger charge is -2.11. The van der Waals surface area contributed by atoms with Crippen molar-refractivity contribution >= 4 is 17.6 Å². The molecule has 0 aliphatic heterocycles. The van der Waals surface area contributed by atoms with Gasteiger partial charge in [-0.3, -0.25) is 4.79 Å². The van der Waals surface area contributed by atoms with Crippen LogP contribution >= 0.6 is 11.6 Å². The number of methoxy groups -OCH3 is 1. The fraction of sp³-hybridized carbons (Fsp3) is 0.231. The summed E-state index contributed by atoms with van der Waals surface area (Å²) in [5, 5.41) is 5.99. The van der Waals surface area contributed by atoms with Crippen molar-refractivity contribution in [2.45, 2.75) is 13.8 Å². The summed E-state index contributed by atoms with van der Waals surface area (Å²) in [6.07, 6.45) is 1.44. The number of hydrogen-bond donors (Lipinski definition) is 1. The maximum Gasteiger partial charge on any atom is 0.356 e. The van der Waals surface area contributed by atoms with E-state index in [-0.39, 0.29) is 10.7 Å². The number of nitrogens with one attached hydrogen (secondary N) is 1. The monoisotopic (exact) mass is 293 g/mol. The number of carbonyl (C=O) groups excluding carboxylic acids is 1. The van der Waals surface area contributed by atoms with Gasteiger partial charge in [-0.1, -0.05) is 11.6 Å². The largest absolute Gasteiger partial charge is 0.464 e. The van der Waals surface area contributed by atoms with Gasteiger partial charge in [0.05, 0.1) is 13.3 Å². The van der Waals surface area contributed by atoms with Crippen LogP contribution in [0, 0.1) is 13.8 Å². The van der Waals surface area contributed by atoms with E-state index in [0.717, 1.165) is 5.56 Å². The molecule has 2 rings (SSSR count). The highest BCUT2D eigenvalue weighted by molar-refractivity contribution is 6.33. The molecular formula is C13H12ClN3O3. The molecule has 0 unspecified atom stereocenters. The van der Waals surface area contributed by atoms with Gasteiger partial charge in [0, 0.05) is 11.3 Å². The van der Waals surface area contributed by atoms with Crippen LogP contribution in [0.1, 0.15) is 21.7 Å². The van der Waals surface area contributed by atoms with Gasteiger partial charge in [-0.15, -0.1) is 0 Å². The van der Waals surface area contributed by atoms with E-state index in [9.17, 15) is 9.59 Å². The number of aromatic amines is 1. The highest BCUT2D eigenvalue weighted by Gasteiger charge is 2.16. The van der Waals surface area contributed by atoms with Gasteiger partial charge in [-0.05, 0) is 31.0 Å². The number of H-pyrrole nitrogens is 1. The molecule has 0 aromatic carbocycles. The SMILES string of the molecule is COC(=O)c1cc(-c2cn[nH]c(=O)c2Cl)c(C)c(C)n1. The fourth-order valence-electron chi connectivity index (χ4n) is 1.80. The lowest BCUT2D eigenvalue weighted by atomic mass is 10.0. The molecule has 1 N–H and O–H groups in total. The molecule has 0 atom stereocenters. The van der Waals surface area contributed by atoms with Crippen LogP contribution in [0.4, 0.5) is 0 Å². The van der Waals surface area contributed by atoms with Crippen molar-refractivity contribution in [2.75, 3.05) is 7.11 Å². The van der Waals surface area contributed by atoms with E-state index in [2.05, 4.69) is 19.9 Å². The fourth-order valence-corrected chi connectivity index (χ4v) is 1.99. The number of esters is 1. The summed E-state index contributed by atoms with van der Waals surface area (Å²) in [6, 6.07) is 1.54. The summed E-state index contributed by atoms with van der Waals surface area (Å²) in [5.41, 5.74) is 2.20. The molecule has 6 nitrogen and oxygen atoms in total. The number of nitrogens with zero attached hydrogens (tertiary/aromatic N) is 2. The third-order valence-electron chi connectivity index (χ3n) is 3.00. The quantitative estimate of drug-likeness (QED) is 0.855. The normalized spacial score (nSPS) is 10.4. The minimum absolute atomic E-state index is 0.0181. The van der Waals surface area contributed by atoms with Gasteiger partial charge in [-0.2, -0.15) is 5.10 Å². The lowest BCUT2D eigenvalue weighted by Crippen LogP contribution is -2.11. The molecule has 0 saturated carbocycles. The van der Waals surface area contributed by atoms with Crippen molar-refractivity contribution in [3.8, 4) is 11.1 Å². The molecule has 0 radical (unpaired) electrons. The summed E-state index contributed by atoms with van der Waals surface area (Å²) >= 11 is 6.00. The van der Waals surface area contributed by atoms with Crippen LogP contribution in [0.25, 0.3) is 11.1 Å². The van der Waals surface area contributed by atoms with Crippen LogP contribution in [0.15, 0.2) is 17.1 Å². The van der Waals surface area contributed by atoms with Gasteiger partial charge in [-0.25, -0.2) is 14.9 Å². The first-order chi connectivity index (χ1) is 9.45. The maximum atomic E-state index is 11.6. The summed E-state index contributed by atoms with van der Waals surface area (Å²) in [4.78, 5) is 27.3.